The smallest absolute Gasteiger partial charge is 0.222 e. The lowest BCUT2D eigenvalue weighted by Crippen LogP contribution is -2.42. The van der Waals surface area contributed by atoms with Gasteiger partial charge in [0.15, 0.2) is 0 Å². The molecule has 0 bridgehead atoms. The molecule has 0 aromatic heterocycles. The van der Waals surface area contributed by atoms with Crippen molar-refractivity contribution in [3.63, 3.8) is 0 Å². The molecule has 1 aliphatic carbocycles. The van der Waals surface area contributed by atoms with E-state index in [0.29, 0.717) is 25.1 Å². The summed E-state index contributed by atoms with van der Waals surface area (Å²) >= 11 is 0. The standard InChI is InChI=1S/C14H26N2O2/c15-9-10-16(12-4-1-2-5-12)14(17)8-7-13-6-3-11-18-13/h12-13H,1-11,15H2. The molecule has 1 unspecified atom stereocenters. The van der Waals surface area contributed by atoms with Crippen LogP contribution < -0.4 is 5.73 Å². The van der Waals surface area contributed by atoms with Gasteiger partial charge in [-0.1, -0.05) is 12.8 Å². The van der Waals surface area contributed by atoms with E-state index in [-0.39, 0.29) is 5.91 Å². The summed E-state index contributed by atoms with van der Waals surface area (Å²) in [5.74, 6) is 0.280. The molecule has 1 aliphatic heterocycles. The first kappa shape index (κ1) is 13.8. The van der Waals surface area contributed by atoms with Gasteiger partial charge in [0.25, 0.3) is 0 Å². The van der Waals surface area contributed by atoms with Crippen molar-refractivity contribution in [3.8, 4) is 0 Å². The normalized spacial score (nSPS) is 24.6. The minimum atomic E-state index is 0.280. The summed E-state index contributed by atoms with van der Waals surface area (Å²) < 4.78 is 5.57. The van der Waals surface area contributed by atoms with Gasteiger partial charge in [-0.15, -0.1) is 0 Å². The highest BCUT2D eigenvalue weighted by molar-refractivity contribution is 5.76. The molecule has 2 aliphatic rings. The van der Waals surface area contributed by atoms with Crippen LogP contribution in [0.3, 0.4) is 0 Å². The molecule has 0 radical (unpaired) electrons. The molecule has 0 aromatic carbocycles. The number of nitrogens with two attached hydrogens (primary N) is 1. The lowest BCUT2D eigenvalue weighted by atomic mass is 10.1. The number of rotatable bonds is 6. The van der Waals surface area contributed by atoms with Crippen LogP contribution in [-0.2, 0) is 9.53 Å². The summed E-state index contributed by atoms with van der Waals surface area (Å²) in [6, 6.07) is 0.450. The quantitative estimate of drug-likeness (QED) is 0.784. The van der Waals surface area contributed by atoms with Crippen molar-refractivity contribution in [2.45, 2.75) is 63.5 Å². The Balaban J connectivity index is 1.78. The van der Waals surface area contributed by atoms with Crippen molar-refractivity contribution in [3.05, 3.63) is 0 Å². The largest absolute Gasteiger partial charge is 0.378 e. The highest BCUT2D eigenvalue weighted by Crippen LogP contribution is 2.25. The Morgan fingerprint density at radius 3 is 2.61 bits per heavy atom. The average Bonchev–Trinajstić information content (AvgIpc) is 3.05. The number of amides is 1. The third kappa shape index (κ3) is 3.69. The first-order valence-electron chi connectivity index (χ1n) is 7.42. The lowest BCUT2D eigenvalue weighted by molar-refractivity contribution is -0.134. The maximum absolute atomic E-state index is 12.3. The molecule has 0 aromatic rings. The second-order valence-corrected chi connectivity index (χ2v) is 5.49. The molecule has 1 atom stereocenters. The topological polar surface area (TPSA) is 55.6 Å². The van der Waals surface area contributed by atoms with Gasteiger partial charge in [-0.3, -0.25) is 4.79 Å². The van der Waals surface area contributed by atoms with Gasteiger partial charge in [0.1, 0.15) is 0 Å². The van der Waals surface area contributed by atoms with Crippen LogP contribution in [0.4, 0.5) is 0 Å². The second kappa shape index (κ2) is 7.10. The Morgan fingerprint density at radius 1 is 1.22 bits per heavy atom. The third-order valence-corrected chi connectivity index (χ3v) is 4.16. The Bertz CT molecular complexity index is 259. The van der Waals surface area contributed by atoms with Crippen molar-refractivity contribution in [1.82, 2.24) is 4.90 Å². The van der Waals surface area contributed by atoms with Crippen LogP contribution in [0, 0.1) is 0 Å². The monoisotopic (exact) mass is 254 g/mol. The Kier molecular flexibility index (Phi) is 5.45. The highest BCUT2D eigenvalue weighted by Gasteiger charge is 2.26. The van der Waals surface area contributed by atoms with E-state index in [1.165, 1.54) is 12.8 Å². The van der Waals surface area contributed by atoms with Gasteiger partial charge >= 0.3 is 0 Å². The number of hydrogen-bond acceptors (Lipinski definition) is 3. The van der Waals surface area contributed by atoms with Gasteiger partial charge in [-0.25, -0.2) is 0 Å². The number of carbonyl (C=O) groups excluding carboxylic acids is 1. The molecular weight excluding hydrogens is 228 g/mol. The summed E-state index contributed by atoms with van der Waals surface area (Å²) in [5, 5.41) is 0. The van der Waals surface area contributed by atoms with Crippen molar-refractivity contribution >= 4 is 5.91 Å². The van der Waals surface area contributed by atoms with Gasteiger partial charge < -0.3 is 15.4 Å². The van der Waals surface area contributed by atoms with Crippen molar-refractivity contribution in [1.29, 1.82) is 0 Å². The van der Waals surface area contributed by atoms with E-state index >= 15 is 0 Å². The fourth-order valence-electron chi connectivity index (χ4n) is 3.17. The Morgan fingerprint density at radius 2 is 2.00 bits per heavy atom. The van der Waals surface area contributed by atoms with E-state index in [2.05, 4.69) is 0 Å². The van der Waals surface area contributed by atoms with E-state index in [1.807, 2.05) is 4.90 Å². The lowest BCUT2D eigenvalue weighted by Gasteiger charge is -2.29. The van der Waals surface area contributed by atoms with E-state index in [1.54, 1.807) is 0 Å². The van der Waals surface area contributed by atoms with Crippen LogP contribution in [0.15, 0.2) is 0 Å². The maximum atomic E-state index is 12.3. The van der Waals surface area contributed by atoms with Crippen LogP contribution >= 0.6 is 0 Å². The Labute approximate surface area is 110 Å². The molecule has 2 rings (SSSR count). The fraction of sp³-hybridized carbons (Fsp3) is 0.929. The van der Waals surface area contributed by atoms with Crippen LogP contribution in [0.25, 0.3) is 0 Å². The number of hydrogen-bond donors (Lipinski definition) is 1. The van der Waals surface area contributed by atoms with Gasteiger partial charge in [0.2, 0.25) is 5.91 Å². The van der Waals surface area contributed by atoms with Gasteiger partial charge in [0.05, 0.1) is 6.10 Å². The van der Waals surface area contributed by atoms with Crippen molar-refractivity contribution in [2.24, 2.45) is 5.73 Å². The average molecular weight is 254 g/mol. The van der Waals surface area contributed by atoms with E-state index in [9.17, 15) is 4.79 Å². The van der Waals surface area contributed by atoms with Crippen LogP contribution in [0.1, 0.15) is 51.4 Å². The minimum Gasteiger partial charge on any atom is -0.378 e. The molecule has 4 nitrogen and oxygen atoms in total. The first-order valence-corrected chi connectivity index (χ1v) is 7.42. The maximum Gasteiger partial charge on any atom is 0.222 e. The summed E-state index contributed by atoms with van der Waals surface area (Å²) in [4.78, 5) is 14.3. The minimum absolute atomic E-state index is 0.280. The highest BCUT2D eigenvalue weighted by atomic mass is 16.5. The second-order valence-electron chi connectivity index (χ2n) is 5.49. The van der Waals surface area contributed by atoms with Gasteiger partial charge in [-0.05, 0) is 32.1 Å². The van der Waals surface area contributed by atoms with E-state index < -0.39 is 0 Å². The van der Waals surface area contributed by atoms with E-state index in [4.69, 9.17) is 10.5 Å². The molecule has 1 saturated heterocycles. The van der Waals surface area contributed by atoms with Crippen LogP contribution in [0.2, 0.25) is 0 Å². The predicted octanol–water partition coefficient (Wildman–Crippen LogP) is 1.68. The van der Waals surface area contributed by atoms with Crippen LogP contribution in [-0.4, -0.2) is 42.6 Å². The molecule has 0 spiro atoms. The number of carbonyl (C=O) groups is 1. The SMILES string of the molecule is NCCN(C(=O)CCC1CCCO1)C1CCCC1. The first-order chi connectivity index (χ1) is 8.81. The molecule has 1 amide bonds. The van der Waals surface area contributed by atoms with Crippen molar-refractivity contribution < 1.29 is 9.53 Å². The molecule has 104 valence electrons. The zero-order valence-corrected chi connectivity index (χ0v) is 11.3. The van der Waals surface area contributed by atoms with Gasteiger partial charge in [-0.2, -0.15) is 0 Å². The van der Waals surface area contributed by atoms with Crippen LogP contribution in [0.5, 0.6) is 0 Å². The fourth-order valence-corrected chi connectivity index (χ4v) is 3.17. The predicted molar refractivity (Wildman–Crippen MR) is 71.2 cm³/mol. The number of ether oxygens (including phenoxy) is 1. The zero-order chi connectivity index (χ0) is 12.8. The van der Waals surface area contributed by atoms with E-state index in [0.717, 1.165) is 45.3 Å². The molecule has 1 heterocycles. The molecular formula is C14H26N2O2. The Hall–Kier alpha value is -0.610. The summed E-state index contributed by atoms with van der Waals surface area (Å²) in [6.07, 6.45) is 8.92. The summed E-state index contributed by atoms with van der Waals surface area (Å²) in [7, 11) is 0. The molecule has 1 saturated carbocycles. The molecule has 2 N–H and O–H groups in total. The third-order valence-electron chi connectivity index (χ3n) is 4.16. The molecule has 4 heteroatoms. The summed E-state index contributed by atoms with van der Waals surface area (Å²) in [5.41, 5.74) is 5.63. The number of nitrogens with zero attached hydrogens (tertiary/aromatic N) is 1. The summed E-state index contributed by atoms with van der Waals surface area (Å²) in [6.45, 7) is 2.16. The molecule has 18 heavy (non-hydrogen) atoms. The zero-order valence-electron chi connectivity index (χ0n) is 11.3. The van der Waals surface area contributed by atoms with Gasteiger partial charge in [0, 0.05) is 32.2 Å². The molecule has 2 fully saturated rings. The van der Waals surface area contributed by atoms with Crippen molar-refractivity contribution in [2.75, 3.05) is 19.7 Å².